The van der Waals surface area contributed by atoms with Gasteiger partial charge in [-0.25, -0.2) is 9.78 Å². The summed E-state index contributed by atoms with van der Waals surface area (Å²) < 4.78 is 0. The van der Waals surface area contributed by atoms with E-state index in [0.29, 0.717) is 5.69 Å². The number of nitrogens with zero attached hydrogens (tertiary/aromatic N) is 1. The SMILES string of the molecule is Cc1ccc(Nc2ccnc(C(=O)O)c2)cc1C. The Hall–Kier alpha value is -2.36. The molecule has 1 aromatic heterocycles. The van der Waals surface area contributed by atoms with Crippen molar-refractivity contribution in [1.82, 2.24) is 4.98 Å². The molecule has 0 spiro atoms. The van der Waals surface area contributed by atoms with Crippen molar-refractivity contribution in [2.75, 3.05) is 5.32 Å². The second-order valence-electron chi connectivity index (χ2n) is 4.16. The molecular weight excluding hydrogens is 228 g/mol. The average Bonchev–Trinajstić information content (AvgIpc) is 2.34. The van der Waals surface area contributed by atoms with Crippen molar-refractivity contribution >= 4 is 17.3 Å². The highest BCUT2D eigenvalue weighted by atomic mass is 16.4. The summed E-state index contributed by atoms with van der Waals surface area (Å²) in [6.45, 7) is 4.09. The fraction of sp³-hybridized carbons (Fsp3) is 0.143. The summed E-state index contributed by atoms with van der Waals surface area (Å²) in [6.07, 6.45) is 1.48. The first-order valence-electron chi connectivity index (χ1n) is 5.60. The van der Waals surface area contributed by atoms with Crippen LogP contribution in [0.5, 0.6) is 0 Å². The number of carbonyl (C=O) groups is 1. The first-order valence-corrected chi connectivity index (χ1v) is 5.60. The number of hydrogen-bond acceptors (Lipinski definition) is 3. The largest absolute Gasteiger partial charge is 0.477 e. The molecule has 0 fully saturated rings. The van der Waals surface area contributed by atoms with Gasteiger partial charge in [-0.1, -0.05) is 6.07 Å². The van der Waals surface area contributed by atoms with E-state index in [1.165, 1.54) is 23.4 Å². The van der Waals surface area contributed by atoms with Crippen LogP contribution in [-0.2, 0) is 0 Å². The number of hydrogen-bond donors (Lipinski definition) is 2. The summed E-state index contributed by atoms with van der Waals surface area (Å²) >= 11 is 0. The van der Waals surface area contributed by atoms with Crippen molar-refractivity contribution in [1.29, 1.82) is 0 Å². The third-order valence-electron chi connectivity index (χ3n) is 2.77. The molecule has 0 saturated heterocycles. The summed E-state index contributed by atoms with van der Waals surface area (Å²) in [5, 5.41) is 12.0. The van der Waals surface area contributed by atoms with Crippen LogP contribution < -0.4 is 5.32 Å². The lowest BCUT2D eigenvalue weighted by molar-refractivity contribution is 0.0690. The van der Waals surface area contributed by atoms with Crippen LogP contribution in [0.2, 0.25) is 0 Å². The Morgan fingerprint density at radius 1 is 1.11 bits per heavy atom. The smallest absolute Gasteiger partial charge is 0.354 e. The topological polar surface area (TPSA) is 62.2 Å². The molecule has 4 heteroatoms. The minimum Gasteiger partial charge on any atom is -0.477 e. The Morgan fingerprint density at radius 3 is 2.50 bits per heavy atom. The van der Waals surface area contributed by atoms with Crippen LogP contribution in [0.4, 0.5) is 11.4 Å². The minimum absolute atomic E-state index is 0.0313. The van der Waals surface area contributed by atoms with Crippen molar-refractivity contribution in [2.45, 2.75) is 13.8 Å². The molecule has 2 aromatic rings. The van der Waals surface area contributed by atoms with E-state index in [0.717, 1.165) is 5.69 Å². The zero-order valence-electron chi connectivity index (χ0n) is 10.3. The lowest BCUT2D eigenvalue weighted by Crippen LogP contribution is -2.01. The van der Waals surface area contributed by atoms with Crippen molar-refractivity contribution in [3.63, 3.8) is 0 Å². The minimum atomic E-state index is -1.03. The zero-order chi connectivity index (χ0) is 13.1. The number of aryl methyl sites for hydroxylation is 2. The number of aromatic carboxylic acids is 1. The second kappa shape index (κ2) is 4.87. The molecular formula is C14H14N2O2. The van der Waals surface area contributed by atoms with Gasteiger partial charge >= 0.3 is 5.97 Å². The molecule has 0 aliphatic heterocycles. The van der Waals surface area contributed by atoms with Gasteiger partial charge in [0.2, 0.25) is 0 Å². The molecule has 2 N–H and O–H groups in total. The van der Waals surface area contributed by atoms with Crippen LogP contribution in [-0.4, -0.2) is 16.1 Å². The summed E-state index contributed by atoms with van der Waals surface area (Å²) in [5.74, 6) is -1.03. The van der Waals surface area contributed by atoms with Crippen LogP contribution in [0.25, 0.3) is 0 Å². The molecule has 92 valence electrons. The van der Waals surface area contributed by atoms with E-state index in [9.17, 15) is 4.79 Å². The molecule has 18 heavy (non-hydrogen) atoms. The van der Waals surface area contributed by atoms with E-state index in [1.54, 1.807) is 6.07 Å². The quantitative estimate of drug-likeness (QED) is 0.868. The molecule has 0 bridgehead atoms. The van der Waals surface area contributed by atoms with Crippen molar-refractivity contribution in [3.8, 4) is 0 Å². The standard InChI is InChI=1S/C14H14N2O2/c1-9-3-4-11(7-10(9)2)16-12-5-6-15-13(8-12)14(17)18/h3-8H,1-2H3,(H,15,16)(H,17,18). The lowest BCUT2D eigenvalue weighted by Gasteiger charge is -2.09. The Labute approximate surface area is 105 Å². The molecule has 0 aliphatic carbocycles. The summed E-state index contributed by atoms with van der Waals surface area (Å²) in [6, 6.07) is 9.26. The molecule has 1 heterocycles. The maximum atomic E-state index is 10.8. The highest BCUT2D eigenvalue weighted by Gasteiger charge is 2.05. The van der Waals surface area contributed by atoms with Crippen molar-refractivity contribution in [3.05, 3.63) is 53.3 Å². The highest BCUT2D eigenvalue weighted by Crippen LogP contribution is 2.19. The van der Waals surface area contributed by atoms with Gasteiger partial charge in [-0.15, -0.1) is 0 Å². The first-order chi connectivity index (χ1) is 8.56. The third kappa shape index (κ3) is 2.66. The Kier molecular flexibility index (Phi) is 3.28. The number of nitrogens with one attached hydrogen (secondary N) is 1. The number of pyridine rings is 1. The van der Waals surface area contributed by atoms with Crippen LogP contribution in [0.3, 0.4) is 0 Å². The highest BCUT2D eigenvalue weighted by molar-refractivity contribution is 5.86. The third-order valence-corrected chi connectivity index (χ3v) is 2.77. The number of aromatic nitrogens is 1. The molecule has 1 aromatic carbocycles. The van der Waals surface area contributed by atoms with Crippen LogP contribution >= 0.6 is 0 Å². The van der Waals surface area contributed by atoms with Crippen molar-refractivity contribution in [2.24, 2.45) is 0 Å². The number of rotatable bonds is 3. The number of anilines is 2. The molecule has 2 rings (SSSR count). The maximum Gasteiger partial charge on any atom is 0.354 e. The molecule has 0 atom stereocenters. The van der Waals surface area contributed by atoms with Gasteiger partial charge in [-0.3, -0.25) is 0 Å². The monoisotopic (exact) mass is 242 g/mol. The molecule has 0 amide bonds. The summed E-state index contributed by atoms with van der Waals surface area (Å²) in [5.41, 5.74) is 4.09. The number of carboxylic acid groups (broad SMARTS) is 1. The van der Waals surface area contributed by atoms with E-state index < -0.39 is 5.97 Å². The van der Waals surface area contributed by atoms with Gasteiger partial charge in [-0.05, 0) is 49.2 Å². The predicted octanol–water partition coefficient (Wildman–Crippen LogP) is 3.14. The Bertz CT molecular complexity index is 594. The van der Waals surface area contributed by atoms with Gasteiger partial charge in [0.25, 0.3) is 0 Å². The Morgan fingerprint density at radius 2 is 1.83 bits per heavy atom. The molecule has 0 saturated carbocycles. The molecule has 4 nitrogen and oxygen atoms in total. The fourth-order valence-electron chi connectivity index (χ4n) is 1.61. The number of benzene rings is 1. The Balaban J connectivity index is 2.25. The van der Waals surface area contributed by atoms with E-state index >= 15 is 0 Å². The van der Waals surface area contributed by atoms with Crippen molar-refractivity contribution < 1.29 is 9.90 Å². The maximum absolute atomic E-state index is 10.8. The molecule has 0 unspecified atom stereocenters. The van der Waals surface area contributed by atoms with Gasteiger partial charge in [0.05, 0.1) is 0 Å². The number of carboxylic acids is 1. The fourth-order valence-corrected chi connectivity index (χ4v) is 1.61. The van der Waals surface area contributed by atoms with E-state index in [2.05, 4.69) is 10.3 Å². The molecule has 0 radical (unpaired) electrons. The van der Waals surface area contributed by atoms with Crippen LogP contribution in [0.1, 0.15) is 21.6 Å². The summed E-state index contributed by atoms with van der Waals surface area (Å²) in [4.78, 5) is 14.6. The summed E-state index contributed by atoms with van der Waals surface area (Å²) in [7, 11) is 0. The molecule has 0 aliphatic rings. The van der Waals surface area contributed by atoms with Gasteiger partial charge in [0, 0.05) is 17.6 Å². The van der Waals surface area contributed by atoms with Gasteiger partial charge in [0.15, 0.2) is 0 Å². The van der Waals surface area contributed by atoms with E-state index in [4.69, 9.17) is 5.11 Å². The van der Waals surface area contributed by atoms with Crippen LogP contribution in [0, 0.1) is 13.8 Å². The average molecular weight is 242 g/mol. The lowest BCUT2D eigenvalue weighted by atomic mass is 10.1. The zero-order valence-corrected chi connectivity index (χ0v) is 10.3. The first kappa shape index (κ1) is 12.1. The normalized spacial score (nSPS) is 10.1. The van der Waals surface area contributed by atoms with E-state index in [1.807, 2.05) is 32.0 Å². The predicted molar refractivity (Wildman–Crippen MR) is 70.4 cm³/mol. The van der Waals surface area contributed by atoms with Crippen LogP contribution in [0.15, 0.2) is 36.5 Å². The van der Waals surface area contributed by atoms with Gasteiger partial charge in [-0.2, -0.15) is 0 Å². The van der Waals surface area contributed by atoms with E-state index in [-0.39, 0.29) is 5.69 Å². The van der Waals surface area contributed by atoms with Gasteiger partial charge < -0.3 is 10.4 Å². The van der Waals surface area contributed by atoms with Gasteiger partial charge in [0.1, 0.15) is 5.69 Å². The second-order valence-corrected chi connectivity index (χ2v) is 4.16.